The summed E-state index contributed by atoms with van der Waals surface area (Å²) in [5, 5.41) is 3.85. The number of methoxy groups -OCH3 is 1. The van der Waals surface area contributed by atoms with Gasteiger partial charge in [0.25, 0.3) is 5.91 Å². The maximum absolute atomic E-state index is 12.5. The van der Waals surface area contributed by atoms with Crippen molar-refractivity contribution in [3.63, 3.8) is 0 Å². The highest BCUT2D eigenvalue weighted by Crippen LogP contribution is 2.47. The molecular formula is C18H17Cl3N4O3. The third-order valence-electron chi connectivity index (χ3n) is 5.30. The Morgan fingerprint density at radius 1 is 1.21 bits per heavy atom. The third-order valence-corrected chi connectivity index (χ3v) is 6.44. The molecule has 3 heterocycles. The van der Waals surface area contributed by atoms with Crippen molar-refractivity contribution in [3.05, 3.63) is 44.3 Å². The second kappa shape index (κ2) is 7.13. The summed E-state index contributed by atoms with van der Waals surface area (Å²) in [6.07, 6.45) is 0. The van der Waals surface area contributed by atoms with Crippen molar-refractivity contribution in [2.24, 2.45) is 11.8 Å². The van der Waals surface area contributed by atoms with Crippen molar-refractivity contribution in [3.8, 4) is 0 Å². The molecule has 0 aromatic carbocycles. The maximum Gasteiger partial charge on any atom is 0.338 e. The summed E-state index contributed by atoms with van der Waals surface area (Å²) in [6.45, 7) is 3.18. The minimum Gasteiger partial charge on any atom is -0.465 e. The first-order valence-electron chi connectivity index (χ1n) is 8.65. The number of carbonyl (C=O) groups is 2. The molecule has 2 N–H and O–H groups in total. The predicted octanol–water partition coefficient (Wildman–Crippen LogP) is 3.33. The minimum absolute atomic E-state index is 0.0708. The van der Waals surface area contributed by atoms with Crippen LogP contribution in [0.3, 0.4) is 0 Å². The van der Waals surface area contributed by atoms with Crippen LogP contribution >= 0.6 is 34.8 Å². The Hall–Kier alpha value is -1.96. The quantitative estimate of drug-likeness (QED) is 0.559. The summed E-state index contributed by atoms with van der Waals surface area (Å²) >= 11 is 18.2. The number of aryl methyl sites for hydroxylation is 1. The van der Waals surface area contributed by atoms with E-state index in [-0.39, 0.29) is 27.8 Å². The molecule has 1 unspecified atom stereocenters. The van der Waals surface area contributed by atoms with Gasteiger partial charge in [0.1, 0.15) is 16.7 Å². The number of hydrogen-bond donors (Lipinski definition) is 2. The van der Waals surface area contributed by atoms with Crippen LogP contribution in [0.25, 0.3) is 0 Å². The van der Waals surface area contributed by atoms with Crippen LogP contribution in [0.2, 0.25) is 15.2 Å². The SMILES string of the molecule is COC(=O)c1cc(Cl)nc(N2C[C@@H]3C(NC(=O)c4[nH]c(C)c(Cl)c4Cl)[C@@H]3C2)c1. The summed E-state index contributed by atoms with van der Waals surface area (Å²) in [6, 6.07) is 3.21. The van der Waals surface area contributed by atoms with E-state index in [1.165, 1.54) is 13.2 Å². The van der Waals surface area contributed by atoms with Crippen molar-refractivity contribution in [2.75, 3.05) is 25.1 Å². The Labute approximate surface area is 176 Å². The number of carbonyl (C=O) groups excluding carboxylic acids is 2. The van der Waals surface area contributed by atoms with Crippen LogP contribution < -0.4 is 10.2 Å². The number of piperidine rings is 1. The molecule has 7 nitrogen and oxygen atoms in total. The highest BCUT2D eigenvalue weighted by molar-refractivity contribution is 6.44. The zero-order valence-corrected chi connectivity index (χ0v) is 17.3. The third kappa shape index (κ3) is 3.32. The first-order chi connectivity index (χ1) is 13.3. The lowest BCUT2D eigenvalue weighted by molar-refractivity contribution is 0.0600. The van der Waals surface area contributed by atoms with E-state index in [1.54, 1.807) is 13.0 Å². The molecule has 2 aromatic rings. The van der Waals surface area contributed by atoms with Crippen LogP contribution in [0.5, 0.6) is 0 Å². The number of rotatable bonds is 4. The molecule has 2 fully saturated rings. The summed E-state index contributed by atoms with van der Waals surface area (Å²) in [5.74, 6) is 0.505. The Balaban J connectivity index is 1.41. The molecular weight excluding hydrogens is 427 g/mol. The van der Waals surface area contributed by atoms with E-state index in [9.17, 15) is 9.59 Å². The summed E-state index contributed by atoms with van der Waals surface area (Å²) < 4.78 is 4.75. The predicted molar refractivity (Wildman–Crippen MR) is 107 cm³/mol. The van der Waals surface area contributed by atoms with E-state index in [4.69, 9.17) is 39.5 Å². The van der Waals surface area contributed by atoms with E-state index in [0.29, 0.717) is 47.0 Å². The number of aromatic nitrogens is 2. The molecule has 0 bridgehead atoms. The van der Waals surface area contributed by atoms with Crippen molar-refractivity contribution in [1.29, 1.82) is 0 Å². The van der Waals surface area contributed by atoms with Gasteiger partial charge in [-0.25, -0.2) is 9.78 Å². The second-order valence-electron chi connectivity index (χ2n) is 7.01. The largest absolute Gasteiger partial charge is 0.465 e. The number of aromatic amines is 1. The van der Waals surface area contributed by atoms with E-state index >= 15 is 0 Å². The molecule has 1 saturated carbocycles. The number of ether oxygens (including phenoxy) is 1. The summed E-state index contributed by atoms with van der Waals surface area (Å²) in [5.41, 5.74) is 1.30. The van der Waals surface area contributed by atoms with Gasteiger partial charge in [0.15, 0.2) is 0 Å². The molecule has 1 aliphatic carbocycles. The molecule has 0 radical (unpaired) electrons. The first-order valence-corrected chi connectivity index (χ1v) is 9.78. The molecule has 10 heteroatoms. The van der Waals surface area contributed by atoms with Gasteiger partial charge in [0, 0.05) is 36.7 Å². The van der Waals surface area contributed by atoms with Gasteiger partial charge in [0.2, 0.25) is 0 Å². The number of anilines is 1. The molecule has 3 atom stereocenters. The normalized spacial score (nSPS) is 22.8. The van der Waals surface area contributed by atoms with E-state index in [0.717, 1.165) is 0 Å². The highest BCUT2D eigenvalue weighted by Gasteiger charge is 2.57. The smallest absolute Gasteiger partial charge is 0.338 e. The first kappa shape index (κ1) is 19.4. The Bertz CT molecular complexity index is 965. The zero-order chi connectivity index (χ0) is 20.2. The number of hydrogen-bond acceptors (Lipinski definition) is 5. The molecule has 1 saturated heterocycles. The lowest BCUT2D eigenvalue weighted by Crippen LogP contribution is -2.35. The Kier molecular flexibility index (Phi) is 4.93. The van der Waals surface area contributed by atoms with Gasteiger partial charge < -0.3 is 19.9 Å². The van der Waals surface area contributed by atoms with Crippen molar-refractivity contribution in [1.82, 2.24) is 15.3 Å². The summed E-state index contributed by atoms with van der Waals surface area (Å²) in [4.78, 5) is 33.5. The van der Waals surface area contributed by atoms with Gasteiger partial charge in [0.05, 0.1) is 22.7 Å². The average Bonchev–Trinajstić information content (AvgIpc) is 3.01. The molecule has 1 amide bonds. The van der Waals surface area contributed by atoms with E-state index < -0.39 is 5.97 Å². The fourth-order valence-electron chi connectivity index (χ4n) is 3.76. The molecule has 148 valence electrons. The molecule has 2 aliphatic rings. The van der Waals surface area contributed by atoms with E-state index in [1.807, 2.05) is 0 Å². The molecule has 1 aliphatic heterocycles. The average molecular weight is 444 g/mol. The van der Waals surface area contributed by atoms with Crippen LogP contribution in [0.15, 0.2) is 12.1 Å². The van der Waals surface area contributed by atoms with Gasteiger partial charge in [-0.05, 0) is 19.1 Å². The van der Waals surface area contributed by atoms with Crippen LogP contribution in [0, 0.1) is 18.8 Å². The van der Waals surface area contributed by atoms with Gasteiger partial charge in [-0.1, -0.05) is 34.8 Å². The molecule has 4 rings (SSSR count). The number of esters is 1. The number of amides is 1. The summed E-state index contributed by atoms with van der Waals surface area (Å²) in [7, 11) is 1.32. The van der Waals surface area contributed by atoms with Crippen LogP contribution in [-0.4, -0.2) is 48.1 Å². The topological polar surface area (TPSA) is 87.3 Å². The van der Waals surface area contributed by atoms with Gasteiger partial charge in [-0.3, -0.25) is 4.79 Å². The van der Waals surface area contributed by atoms with Crippen molar-refractivity contribution >= 4 is 52.5 Å². The van der Waals surface area contributed by atoms with Gasteiger partial charge in [-0.2, -0.15) is 0 Å². The number of nitrogens with one attached hydrogen (secondary N) is 2. The van der Waals surface area contributed by atoms with Crippen LogP contribution in [-0.2, 0) is 4.74 Å². The fraction of sp³-hybridized carbons (Fsp3) is 0.389. The van der Waals surface area contributed by atoms with E-state index in [2.05, 4.69) is 20.2 Å². The van der Waals surface area contributed by atoms with Gasteiger partial charge in [-0.15, -0.1) is 0 Å². The van der Waals surface area contributed by atoms with Crippen molar-refractivity contribution < 1.29 is 14.3 Å². The lowest BCUT2D eigenvalue weighted by Gasteiger charge is -2.21. The molecule has 28 heavy (non-hydrogen) atoms. The van der Waals surface area contributed by atoms with Gasteiger partial charge >= 0.3 is 5.97 Å². The van der Waals surface area contributed by atoms with Crippen molar-refractivity contribution in [2.45, 2.75) is 13.0 Å². The Morgan fingerprint density at radius 2 is 1.89 bits per heavy atom. The molecule has 2 aromatic heterocycles. The number of pyridine rings is 1. The monoisotopic (exact) mass is 442 g/mol. The highest BCUT2D eigenvalue weighted by atomic mass is 35.5. The standard InChI is InChI=1S/C18H17Cl3N4O3/c1-7-13(20)14(21)16(22-7)17(26)24-15-9-5-25(6-10(9)15)12-4-8(18(27)28-2)3-11(19)23-12/h3-4,9-10,15,22H,5-6H2,1-2H3,(H,24,26)/t9-,10+,15?. The number of halogens is 3. The zero-order valence-electron chi connectivity index (χ0n) is 15.1. The Morgan fingerprint density at radius 3 is 2.46 bits per heavy atom. The minimum atomic E-state index is -0.461. The number of H-pyrrole nitrogens is 1. The number of nitrogens with zero attached hydrogens (tertiary/aromatic N) is 2. The van der Waals surface area contributed by atoms with Crippen LogP contribution in [0.4, 0.5) is 5.82 Å². The molecule has 0 spiro atoms. The fourth-order valence-corrected chi connectivity index (χ4v) is 4.38. The number of fused-ring (bicyclic) bond motifs is 1. The lowest BCUT2D eigenvalue weighted by atomic mass is 10.2. The maximum atomic E-state index is 12.5. The van der Waals surface area contributed by atoms with Crippen LogP contribution in [0.1, 0.15) is 26.5 Å². The second-order valence-corrected chi connectivity index (χ2v) is 8.16.